The number of nitrogens with one attached hydrogen (secondary N) is 1. The topological polar surface area (TPSA) is 67.3 Å². The lowest BCUT2D eigenvalue weighted by Gasteiger charge is -2.55. The van der Waals surface area contributed by atoms with E-state index in [1.54, 1.807) is 0 Å². The first-order chi connectivity index (χ1) is 9.21. The van der Waals surface area contributed by atoms with Crippen molar-refractivity contribution < 1.29 is 9.84 Å². The Balaban J connectivity index is 1.59. The van der Waals surface area contributed by atoms with Gasteiger partial charge in [0.1, 0.15) is 5.82 Å². The van der Waals surface area contributed by atoms with Crippen LogP contribution >= 0.6 is 0 Å². The van der Waals surface area contributed by atoms with Gasteiger partial charge in [-0.15, -0.1) is 0 Å². The summed E-state index contributed by atoms with van der Waals surface area (Å²) in [6.45, 7) is 4.17. The first-order valence-electron chi connectivity index (χ1n) is 6.97. The summed E-state index contributed by atoms with van der Waals surface area (Å²) in [5.41, 5.74) is 1.09. The van der Waals surface area contributed by atoms with Crippen LogP contribution in [0.25, 0.3) is 0 Å². The summed E-state index contributed by atoms with van der Waals surface area (Å²) >= 11 is 0. The molecule has 0 aromatic carbocycles. The van der Waals surface area contributed by atoms with E-state index in [1.807, 2.05) is 19.3 Å². The number of rotatable bonds is 3. The van der Waals surface area contributed by atoms with E-state index in [4.69, 9.17) is 4.74 Å². The van der Waals surface area contributed by atoms with E-state index >= 15 is 0 Å². The van der Waals surface area contributed by atoms with Crippen molar-refractivity contribution in [3.8, 4) is 0 Å². The van der Waals surface area contributed by atoms with Gasteiger partial charge in [-0.25, -0.2) is 9.97 Å². The lowest BCUT2D eigenvalue weighted by atomic mass is 9.58. The summed E-state index contributed by atoms with van der Waals surface area (Å²) in [6, 6.07) is 0.358. The third-order valence-corrected chi connectivity index (χ3v) is 4.58. The molecule has 2 atom stereocenters. The Morgan fingerprint density at radius 1 is 1.37 bits per heavy atom. The van der Waals surface area contributed by atoms with Gasteiger partial charge in [0.25, 0.3) is 0 Å². The molecular formula is C14H21N3O2. The molecule has 3 rings (SSSR count). The van der Waals surface area contributed by atoms with E-state index in [0.29, 0.717) is 12.6 Å². The van der Waals surface area contributed by atoms with Gasteiger partial charge in [-0.3, -0.25) is 0 Å². The Bertz CT molecular complexity index is 429. The van der Waals surface area contributed by atoms with E-state index < -0.39 is 0 Å². The maximum absolute atomic E-state index is 10.1. The van der Waals surface area contributed by atoms with Crippen molar-refractivity contribution in [2.75, 3.05) is 13.2 Å². The predicted molar refractivity (Wildman–Crippen MR) is 70.5 cm³/mol. The van der Waals surface area contributed by atoms with Crippen LogP contribution in [0.15, 0.2) is 12.4 Å². The molecular weight excluding hydrogens is 242 g/mol. The average molecular weight is 263 g/mol. The molecule has 2 aliphatic rings. The van der Waals surface area contributed by atoms with Crippen molar-refractivity contribution >= 4 is 0 Å². The SMILES string of the molecule is Cc1cnc(CN[C@@H]2C[C@@H](O)C23CCOCC3)nc1. The van der Waals surface area contributed by atoms with Gasteiger partial charge in [0, 0.05) is 37.1 Å². The van der Waals surface area contributed by atoms with E-state index in [1.165, 1.54) is 0 Å². The molecule has 0 bridgehead atoms. The summed E-state index contributed by atoms with van der Waals surface area (Å²) in [7, 11) is 0. The van der Waals surface area contributed by atoms with Gasteiger partial charge in [-0.05, 0) is 31.7 Å². The number of nitrogens with zero attached hydrogens (tertiary/aromatic N) is 2. The summed E-state index contributed by atoms with van der Waals surface area (Å²) < 4.78 is 5.41. The van der Waals surface area contributed by atoms with Crippen LogP contribution in [0.2, 0.25) is 0 Å². The Morgan fingerprint density at radius 3 is 2.68 bits per heavy atom. The fourth-order valence-corrected chi connectivity index (χ4v) is 3.21. The highest BCUT2D eigenvalue weighted by Gasteiger charge is 2.54. The third kappa shape index (κ3) is 2.38. The largest absolute Gasteiger partial charge is 0.392 e. The molecule has 2 heterocycles. The molecule has 5 heteroatoms. The number of ether oxygens (including phenoxy) is 1. The van der Waals surface area contributed by atoms with Gasteiger partial charge in [-0.2, -0.15) is 0 Å². The summed E-state index contributed by atoms with van der Waals surface area (Å²) in [4.78, 5) is 8.60. The number of aromatic nitrogens is 2. The third-order valence-electron chi connectivity index (χ3n) is 4.58. The highest BCUT2D eigenvalue weighted by Crippen LogP contribution is 2.48. The molecule has 1 aliphatic carbocycles. The second kappa shape index (κ2) is 5.15. The molecule has 0 amide bonds. The summed E-state index contributed by atoms with van der Waals surface area (Å²) in [5.74, 6) is 0.814. The molecule has 1 aliphatic heterocycles. The molecule has 1 saturated carbocycles. The van der Waals surface area contributed by atoms with Crippen LogP contribution < -0.4 is 5.32 Å². The van der Waals surface area contributed by atoms with Crippen LogP contribution in [-0.2, 0) is 11.3 Å². The van der Waals surface area contributed by atoms with Gasteiger partial charge < -0.3 is 15.2 Å². The van der Waals surface area contributed by atoms with Gasteiger partial charge in [0.2, 0.25) is 0 Å². The number of aliphatic hydroxyl groups is 1. The monoisotopic (exact) mass is 263 g/mol. The molecule has 19 heavy (non-hydrogen) atoms. The fourth-order valence-electron chi connectivity index (χ4n) is 3.21. The molecule has 104 valence electrons. The van der Waals surface area contributed by atoms with Gasteiger partial charge in [0.05, 0.1) is 12.6 Å². The molecule has 0 radical (unpaired) electrons. The lowest BCUT2D eigenvalue weighted by molar-refractivity contribution is -0.149. The normalized spacial score (nSPS) is 29.2. The minimum Gasteiger partial charge on any atom is -0.392 e. The van der Waals surface area contributed by atoms with E-state index in [2.05, 4.69) is 15.3 Å². The van der Waals surface area contributed by atoms with Crippen LogP contribution in [0.4, 0.5) is 0 Å². The van der Waals surface area contributed by atoms with Crippen LogP contribution in [0.5, 0.6) is 0 Å². The Labute approximate surface area is 113 Å². The maximum Gasteiger partial charge on any atom is 0.141 e. The van der Waals surface area contributed by atoms with Crippen molar-refractivity contribution in [3.63, 3.8) is 0 Å². The van der Waals surface area contributed by atoms with Crippen molar-refractivity contribution in [1.29, 1.82) is 0 Å². The number of hydrogen-bond acceptors (Lipinski definition) is 5. The molecule has 1 aromatic heterocycles. The van der Waals surface area contributed by atoms with Crippen LogP contribution in [0.3, 0.4) is 0 Å². The molecule has 2 N–H and O–H groups in total. The molecule has 1 aromatic rings. The summed E-state index contributed by atoms with van der Waals surface area (Å²) in [5, 5.41) is 13.6. The number of hydrogen-bond donors (Lipinski definition) is 2. The van der Waals surface area contributed by atoms with Crippen LogP contribution in [0, 0.1) is 12.3 Å². The molecule has 0 unspecified atom stereocenters. The van der Waals surface area contributed by atoms with Crippen molar-refractivity contribution in [2.45, 2.75) is 44.9 Å². The van der Waals surface area contributed by atoms with Crippen molar-refractivity contribution in [3.05, 3.63) is 23.8 Å². The smallest absolute Gasteiger partial charge is 0.141 e. The minimum absolute atomic E-state index is 0.0168. The Hall–Kier alpha value is -1.04. The standard InChI is InChI=1S/C14H21N3O2/c1-10-7-16-13(17-8-10)9-15-11-6-12(18)14(11)2-4-19-5-3-14/h7-8,11-12,15,18H,2-6,9H2,1H3/t11-,12-/m1/s1. The second-order valence-electron chi connectivity index (χ2n) is 5.71. The van der Waals surface area contributed by atoms with E-state index in [9.17, 15) is 5.11 Å². The molecule has 2 fully saturated rings. The predicted octanol–water partition coefficient (Wildman–Crippen LogP) is 0.805. The van der Waals surface area contributed by atoms with Gasteiger partial charge in [-0.1, -0.05) is 0 Å². The van der Waals surface area contributed by atoms with Crippen LogP contribution in [-0.4, -0.2) is 40.4 Å². The highest BCUT2D eigenvalue weighted by molar-refractivity contribution is 5.09. The first-order valence-corrected chi connectivity index (χ1v) is 6.97. The average Bonchev–Trinajstić information content (AvgIpc) is 2.46. The number of aryl methyl sites for hydroxylation is 1. The maximum atomic E-state index is 10.1. The van der Waals surface area contributed by atoms with Crippen LogP contribution in [0.1, 0.15) is 30.7 Å². The van der Waals surface area contributed by atoms with E-state index in [-0.39, 0.29) is 11.5 Å². The van der Waals surface area contributed by atoms with E-state index in [0.717, 1.165) is 43.9 Å². The van der Waals surface area contributed by atoms with Crippen molar-refractivity contribution in [1.82, 2.24) is 15.3 Å². The highest BCUT2D eigenvalue weighted by atomic mass is 16.5. The van der Waals surface area contributed by atoms with Gasteiger partial charge in [0.15, 0.2) is 0 Å². The lowest BCUT2D eigenvalue weighted by Crippen LogP contribution is -2.64. The second-order valence-corrected chi connectivity index (χ2v) is 5.71. The molecule has 5 nitrogen and oxygen atoms in total. The zero-order chi connectivity index (χ0) is 13.3. The van der Waals surface area contributed by atoms with Gasteiger partial charge >= 0.3 is 0 Å². The fraction of sp³-hybridized carbons (Fsp3) is 0.714. The zero-order valence-corrected chi connectivity index (χ0v) is 11.3. The van der Waals surface area contributed by atoms with Crippen molar-refractivity contribution in [2.24, 2.45) is 5.41 Å². The Morgan fingerprint density at radius 2 is 2.05 bits per heavy atom. The molecule has 1 spiro atoms. The number of aliphatic hydroxyl groups excluding tert-OH is 1. The zero-order valence-electron chi connectivity index (χ0n) is 11.3. The summed E-state index contributed by atoms with van der Waals surface area (Å²) in [6.07, 6.45) is 6.20. The first kappa shape index (κ1) is 13.0. The Kier molecular flexibility index (Phi) is 3.52. The molecule has 1 saturated heterocycles. The quantitative estimate of drug-likeness (QED) is 0.844. The minimum atomic E-state index is -0.187.